The van der Waals surface area contributed by atoms with E-state index in [1.807, 2.05) is 54.8 Å². The van der Waals surface area contributed by atoms with Crippen molar-refractivity contribution in [3.05, 3.63) is 53.7 Å². The van der Waals surface area contributed by atoms with E-state index in [1.54, 1.807) is 16.0 Å². The van der Waals surface area contributed by atoms with Crippen molar-refractivity contribution in [2.45, 2.75) is 6.92 Å². The summed E-state index contributed by atoms with van der Waals surface area (Å²) in [4.78, 5) is 17.8. The molecule has 3 aromatic rings. The number of nitrogens with zero attached hydrogens (tertiary/aromatic N) is 3. The van der Waals surface area contributed by atoms with Crippen molar-refractivity contribution >= 4 is 17.3 Å². The van der Waals surface area contributed by atoms with Crippen molar-refractivity contribution in [1.82, 2.24) is 14.8 Å². The molecule has 1 aliphatic rings. The van der Waals surface area contributed by atoms with Crippen molar-refractivity contribution in [2.75, 3.05) is 19.8 Å². The fourth-order valence-corrected chi connectivity index (χ4v) is 3.25. The highest BCUT2D eigenvalue weighted by Crippen LogP contribution is 2.28. The molecule has 0 radical (unpaired) electrons. The lowest BCUT2D eigenvalue weighted by Gasteiger charge is -2.36. The van der Waals surface area contributed by atoms with Gasteiger partial charge in [0.15, 0.2) is 5.82 Å². The van der Waals surface area contributed by atoms with Gasteiger partial charge in [-0.2, -0.15) is 4.98 Å². The number of thiophene rings is 1. The Morgan fingerprint density at radius 2 is 2.08 bits per heavy atom. The molecule has 0 bridgehead atoms. The summed E-state index contributed by atoms with van der Waals surface area (Å²) in [6.45, 7) is 3.54. The molecule has 0 spiro atoms. The molecule has 128 valence electrons. The van der Waals surface area contributed by atoms with Crippen LogP contribution in [0.4, 0.5) is 0 Å². The minimum Gasteiger partial charge on any atom is -0.459 e. The molecule has 0 unspecified atom stereocenters. The van der Waals surface area contributed by atoms with Crippen molar-refractivity contribution in [3.63, 3.8) is 0 Å². The lowest BCUT2D eigenvalue weighted by atomic mass is 9.90. The molecule has 0 aliphatic carbocycles. The quantitative estimate of drug-likeness (QED) is 0.658. The van der Waals surface area contributed by atoms with Gasteiger partial charge in [0.1, 0.15) is 6.61 Å². The lowest BCUT2D eigenvalue weighted by molar-refractivity contribution is -0.127. The first-order valence-corrected chi connectivity index (χ1v) is 8.84. The van der Waals surface area contributed by atoms with Gasteiger partial charge in [-0.1, -0.05) is 31.2 Å². The zero-order valence-electron chi connectivity index (χ0n) is 13.7. The number of benzene rings is 1. The summed E-state index contributed by atoms with van der Waals surface area (Å²) in [5.41, 5.74) is 0.741. The maximum absolute atomic E-state index is 12.4. The molecule has 1 aliphatic heterocycles. The molecular formula is C18H17N3O3S. The zero-order valence-corrected chi connectivity index (χ0v) is 14.5. The van der Waals surface area contributed by atoms with Gasteiger partial charge < -0.3 is 9.47 Å². The van der Waals surface area contributed by atoms with Crippen LogP contribution in [0.3, 0.4) is 0 Å². The van der Waals surface area contributed by atoms with Gasteiger partial charge in [-0.15, -0.1) is 16.4 Å². The SMILES string of the molecule is CC1(COC(=O)c2nc(-c3cccs3)n(-c3ccccc3)n2)COC1. The molecule has 0 atom stereocenters. The van der Waals surface area contributed by atoms with Crippen LogP contribution in [0.5, 0.6) is 0 Å². The second-order valence-corrected chi connectivity index (χ2v) is 7.31. The molecule has 3 heterocycles. The van der Waals surface area contributed by atoms with Crippen molar-refractivity contribution in [1.29, 1.82) is 0 Å². The Hall–Kier alpha value is -2.51. The first-order valence-electron chi connectivity index (χ1n) is 7.96. The fourth-order valence-electron chi connectivity index (χ4n) is 2.55. The van der Waals surface area contributed by atoms with E-state index in [-0.39, 0.29) is 11.2 Å². The van der Waals surface area contributed by atoms with E-state index in [9.17, 15) is 4.79 Å². The molecule has 4 rings (SSSR count). The third kappa shape index (κ3) is 3.20. The number of hydrogen-bond acceptors (Lipinski definition) is 6. The number of carbonyl (C=O) groups is 1. The van der Waals surface area contributed by atoms with Crippen LogP contribution in [-0.2, 0) is 9.47 Å². The molecule has 2 aromatic heterocycles. The average Bonchev–Trinajstić information content (AvgIpc) is 3.27. The maximum atomic E-state index is 12.4. The molecule has 0 amide bonds. The number of ether oxygens (including phenoxy) is 2. The van der Waals surface area contributed by atoms with Gasteiger partial charge in [-0.05, 0) is 23.6 Å². The zero-order chi connectivity index (χ0) is 17.3. The van der Waals surface area contributed by atoms with Gasteiger partial charge in [0.05, 0.1) is 23.8 Å². The van der Waals surface area contributed by atoms with Gasteiger partial charge in [-0.3, -0.25) is 0 Å². The fraction of sp³-hybridized carbons (Fsp3) is 0.278. The van der Waals surface area contributed by atoms with E-state index in [0.29, 0.717) is 25.6 Å². The van der Waals surface area contributed by atoms with Gasteiger partial charge in [0.2, 0.25) is 0 Å². The van der Waals surface area contributed by atoms with Crippen LogP contribution in [-0.4, -0.2) is 40.6 Å². The molecule has 1 fully saturated rings. The standard InChI is InChI=1S/C18H17N3O3S/c1-18(10-23-11-18)12-24-17(22)15-19-16(14-8-5-9-25-14)21(20-15)13-6-3-2-4-7-13/h2-9H,10-12H2,1H3. The van der Waals surface area contributed by atoms with E-state index in [0.717, 1.165) is 10.6 Å². The first-order chi connectivity index (χ1) is 12.1. The highest BCUT2D eigenvalue weighted by molar-refractivity contribution is 7.13. The van der Waals surface area contributed by atoms with Crippen LogP contribution >= 0.6 is 11.3 Å². The Morgan fingerprint density at radius 1 is 1.28 bits per heavy atom. The van der Waals surface area contributed by atoms with Crippen LogP contribution in [0.15, 0.2) is 47.8 Å². The van der Waals surface area contributed by atoms with Gasteiger partial charge in [-0.25, -0.2) is 9.48 Å². The summed E-state index contributed by atoms with van der Waals surface area (Å²) < 4.78 is 12.3. The molecule has 0 N–H and O–H groups in total. The number of aromatic nitrogens is 3. The van der Waals surface area contributed by atoms with Gasteiger partial charge in [0, 0.05) is 5.41 Å². The van der Waals surface area contributed by atoms with Crippen LogP contribution in [0.1, 0.15) is 17.5 Å². The van der Waals surface area contributed by atoms with Crippen molar-refractivity contribution in [2.24, 2.45) is 5.41 Å². The van der Waals surface area contributed by atoms with E-state index in [2.05, 4.69) is 10.1 Å². The summed E-state index contributed by atoms with van der Waals surface area (Å²) in [6, 6.07) is 13.5. The molecule has 0 saturated carbocycles. The summed E-state index contributed by atoms with van der Waals surface area (Å²) in [7, 11) is 0. The summed E-state index contributed by atoms with van der Waals surface area (Å²) in [5.74, 6) is 0.183. The van der Waals surface area contributed by atoms with Crippen LogP contribution in [0.2, 0.25) is 0 Å². The van der Waals surface area contributed by atoms with E-state index in [1.165, 1.54) is 0 Å². The lowest BCUT2D eigenvalue weighted by Crippen LogP contribution is -2.44. The summed E-state index contributed by atoms with van der Waals surface area (Å²) >= 11 is 1.55. The Labute approximate surface area is 149 Å². The highest BCUT2D eigenvalue weighted by atomic mass is 32.1. The van der Waals surface area contributed by atoms with Crippen LogP contribution < -0.4 is 0 Å². The predicted octanol–water partition coefficient (Wildman–Crippen LogP) is 3.19. The minimum atomic E-state index is -0.513. The monoisotopic (exact) mass is 355 g/mol. The Morgan fingerprint density at radius 3 is 2.72 bits per heavy atom. The molecular weight excluding hydrogens is 338 g/mol. The Balaban J connectivity index is 1.64. The molecule has 1 saturated heterocycles. The van der Waals surface area contributed by atoms with Crippen molar-refractivity contribution < 1.29 is 14.3 Å². The first kappa shape index (κ1) is 16.0. The Bertz CT molecular complexity index is 870. The summed E-state index contributed by atoms with van der Waals surface area (Å²) in [6.07, 6.45) is 0. The predicted molar refractivity (Wildman–Crippen MR) is 93.9 cm³/mol. The smallest absolute Gasteiger partial charge is 0.378 e. The summed E-state index contributed by atoms with van der Waals surface area (Å²) in [5, 5.41) is 6.35. The average molecular weight is 355 g/mol. The second kappa shape index (κ2) is 6.42. The third-order valence-corrected chi connectivity index (χ3v) is 4.85. The number of esters is 1. The molecule has 7 heteroatoms. The molecule has 1 aromatic carbocycles. The largest absolute Gasteiger partial charge is 0.459 e. The number of rotatable bonds is 5. The topological polar surface area (TPSA) is 66.2 Å². The number of para-hydroxylation sites is 1. The highest BCUT2D eigenvalue weighted by Gasteiger charge is 2.35. The Kier molecular flexibility index (Phi) is 4.10. The van der Waals surface area contributed by atoms with Crippen LogP contribution in [0.25, 0.3) is 16.4 Å². The maximum Gasteiger partial charge on any atom is 0.378 e. The van der Waals surface area contributed by atoms with Crippen molar-refractivity contribution in [3.8, 4) is 16.4 Å². The van der Waals surface area contributed by atoms with Gasteiger partial charge in [0.25, 0.3) is 5.82 Å². The van der Waals surface area contributed by atoms with Crippen LogP contribution in [0, 0.1) is 5.41 Å². The van der Waals surface area contributed by atoms with E-state index in [4.69, 9.17) is 9.47 Å². The van der Waals surface area contributed by atoms with E-state index >= 15 is 0 Å². The van der Waals surface area contributed by atoms with E-state index < -0.39 is 5.97 Å². The normalized spacial score (nSPS) is 15.6. The second-order valence-electron chi connectivity index (χ2n) is 6.36. The molecule has 6 nitrogen and oxygen atoms in total. The number of carbonyl (C=O) groups excluding carboxylic acids is 1. The minimum absolute atomic E-state index is 0.0658. The van der Waals surface area contributed by atoms with Gasteiger partial charge >= 0.3 is 5.97 Å². The third-order valence-electron chi connectivity index (χ3n) is 3.98. The number of hydrogen-bond donors (Lipinski definition) is 0. The molecule has 25 heavy (non-hydrogen) atoms.